The van der Waals surface area contributed by atoms with Gasteiger partial charge in [-0.1, -0.05) is 243 Å². The minimum atomic E-state index is 1.21. The molecule has 0 heterocycles. The summed E-state index contributed by atoms with van der Waals surface area (Å²) < 4.78 is 0. The molecule has 0 nitrogen and oxygen atoms in total. The van der Waals surface area contributed by atoms with Crippen molar-refractivity contribution in [2.75, 3.05) is 0 Å². The summed E-state index contributed by atoms with van der Waals surface area (Å²) in [6.07, 6.45) is 0. The molecule has 0 heteroatoms. The summed E-state index contributed by atoms with van der Waals surface area (Å²) in [5.74, 6) is 0. The van der Waals surface area contributed by atoms with Crippen LogP contribution in [-0.2, 0) is 0 Å². The van der Waals surface area contributed by atoms with Crippen molar-refractivity contribution in [1.29, 1.82) is 0 Å². The van der Waals surface area contributed by atoms with E-state index in [1.165, 1.54) is 142 Å². The van der Waals surface area contributed by atoms with Crippen molar-refractivity contribution < 1.29 is 0 Å². The van der Waals surface area contributed by atoms with Crippen molar-refractivity contribution in [2.24, 2.45) is 0 Å². The highest BCUT2D eigenvalue weighted by atomic mass is 14.3. The van der Waals surface area contributed by atoms with Gasteiger partial charge in [-0.3, -0.25) is 0 Å². The van der Waals surface area contributed by atoms with Crippen molar-refractivity contribution >= 4 is 86.2 Å². The monoisotopic (exact) mass is 858 g/mol. The van der Waals surface area contributed by atoms with Gasteiger partial charge in [-0.15, -0.1) is 0 Å². The molecule has 0 saturated heterocycles. The fourth-order valence-electron chi connectivity index (χ4n) is 11.8. The smallest absolute Gasteiger partial charge is 0.00139 e. The van der Waals surface area contributed by atoms with Crippen LogP contribution in [0.15, 0.2) is 255 Å². The van der Waals surface area contributed by atoms with E-state index in [1.807, 2.05) is 0 Å². The molecule has 0 N–H and O–H groups in total. The van der Waals surface area contributed by atoms with Gasteiger partial charge in [0.15, 0.2) is 0 Å². The van der Waals surface area contributed by atoms with Gasteiger partial charge in [0.1, 0.15) is 0 Å². The highest BCUT2D eigenvalue weighted by molar-refractivity contribution is 6.34. The lowest BCUT2D eigenvalue weighted by atomic mass is 9.78. The lowest BCUT2D eigenvalue weighted by molar-refractivity contribution is 1.63. The Hall–Kier alpha value is -8.84. The van der Waals surface area contributed by atoms with Crippen molar-refractivity contribution in [1.82, 2.24) is 0 Å². The van der Waals surface area contributed by atoms with Crippen molar-refractivity contribution in [3.63, 3.8) is 0 Å². The average Bonchev–Trinajstić information content (AvgIpc) is 3.41. The molecular weight excluding hydrogens is 817 g/mol. The Morgan fingerprint density at radius 1 is 0.147 bits per heavy atom. The minimum Gasteiger partial charge on any atom is -0.0622 e. The van der Waals surface area contributed by atoms with Crippen molar-refractivity contribution in [2.45, 2.75) is 0 Å². The molecule has 0 spiro atoms. The molecule has 0 fully saturated rings. The maximum atomic E-state index is 2.42. The maximum Gasteiger partial charge on any atom is -0.00139 e. The normalized spacial score (nSPS) is 11.8. The lowest BCUT2D eigenvalue weighted by Crippen LogP contribution is -1.97. The Balaban J connectivity index is 1.11. The Bertz CT molecular complexity index is 4190. The third-order valence-corrected chi connectivity index (χ3v) is 14.6. The number of hydrogen-bond acceptors (Lipinski definition) is 0. The van der Waals surface area contributed by atoms with E-state index in [0.29, 0.717) is 0 Å². The van der Waals surface area contributed by atoms with Gasteiger partial charge in [0.25, 0.3) is 0 Å². The van der Waals surface area contributed by atoms with Gasteiger partial charge in [-0.25, -0.2) is 0 Å². The van der Waals surface area contributed by atoms with Gasteiger partial charge in [0.2, 0.25) is 0 Å². The topological polar surface area (TPSA) is 0 Å². The van der Waals surface area contributed by atoms with Gasteiger partial charge in [-0.05, 0) is 154 Å². The Morgan fingerprint density at radius 3 is 0.794 bits per heavy atom. The number of fused-ring (bicyclic) bond motifs is 8. The molecular formula is C68H42. The van der Waals surface area contributed by atoms with Crippen LogP contribution in [0, 0.1) is 0 Å². The third kappa shape index (κ3) is 5.74. The zero-order valence-electron chi connectivity index (χ0n) is 37.2. The van der Waals surface area contributed by atoms with E-state index in [9.17, 15) is 0 Å². The zero-order chi connectivity index (χ0) is 44.7. The van der Waals surface area contributed by atoms with E-state index in [0.717, 1.165) is 0 Å². The van der Waals surface area contributed by atoms with Crippen LogP contribution in [0.2, 0.25) is 0 Å². The van der Waals surface area contributed by atoms with Crippen LogP contribution in [0.4, 0.5) is 0 Å². The first-order chi connectivity index (χ1) is 33.8. The fourth-order valence-corrected chi connectivity index (χ4v) is 11.8. The predicted molar refractivity (Wildman–Crippen MR) is 294 cm³/mol. The number of benzene rings is 14. The van der Waals surface area contributed by atoms with Gasteiger partial charge in [-0.2, -0.15) is 0 Å². The molecule has 0 aliphatic carbocycles. The van der Waals surface area contributed by atoms with Crippen LogP contribution in [-0.4, -0.2) is 0 Å². The zero-order valence-corrected chi connectivity index (χ0v) is 37.2. The standard InChI is InChI=1S/C68H42/c1-2-21-44(22-3-1)61-41-45-24-4-5-25-46(45)42-62(61)64-51-30-10-14-34-55(51)66(56-35-15-11-31-52(56)64)68-59-38-18-16-36-57(59)67(58-37-17-19-39-60(58)68)65-53-32-12-8-28-49(53)63(50-29-9-13-33-54(50)65)48-40-20-26-43-23-6-7-27-47(43)48/h1-42H. The SMILES string of the molecule is c1ccc(-c2cc3ccccc3cc2-c2c3ccccc3c(-c3c4ccccc4c(-c4c5ccccc5c(-c5cccc6ccccc56)c5ccccc45)c4ccccc34)c3ccccc23)cc1. The summed E-state index contributed by atoms with van der Waals surface area (Å²) in [6, 6.07) is 94.8. The van der Waals surface area contributed by atoms with Crippen LogP contribution in [0.5, 0.6) is 0 Å². The molecule has 0 aromatic heterocycles. The molecule has 14 aromatic rings. The molecule has 0 saturated carbocycles. The quantitative estimate of drug-likeness (QED) is 0.151. The lowest BCUT2D eigenvalue weighted by Gasteiger charge is -2.24. The molecule has 0 amide bonds. The molecule has 0 aliphatic heterocycles. The van der Waals surface area contributed by atoms with Crippen LogP contribution >= 0.6 is 0 Å². The Kier molecular flexibility index (Phi) is 8.69. The van der Waals surface area contributed by atoms with E-state index in [4.69, 9.17) is 0 Å². The molecule has 0 radical (unpaired) electrons. The first-order valence-corrected chi connectivity index (χ1v) is 23.7. The third-order valence-electron chi connectivity index (χ3n) is 14.6. The molecule has 0 aliphatic rings. The van der Waals surface area contributed by atoms with E-state index < -0.39 is 0 Å². The summed E-state index contributed by atoms with van der Waals surface area (Å²) in [5.41, 5.74) is 12.6. The highest BCUT2D eigenvalue weighted by Gasteiger charge is 2.26. The van der Waals surface area contributed by atoms with E-state index in [-0.39, 0.29) is 0 Å². The number of hydrogen-bond donors (Lipinski definition) is 0. The van der Waals surface area contributed by atoms with Gasteiger partial charge >= 0.3 is 0 Å². The average molecular weight is 859 g/mol. The molecule has 14 rings (SSSR count). The summed E-state index contributed by atoms with van der Waals surface area (Å²) in [6.45, 7) is 0. The van der Waals surface area contributed by atoms with Gasteiger partial charge < -0.3 is 0 Å². The second-order valence-corrected chi connectivity index (χ2v) is 18.2. The highest BCUT2D eigenvalue weighted by Crippen LogP contribution is 2.54. The Labute approximate surface area is 394 Å². The van der Waals surface area contributed by atoms with Gasteiger partial charge in [0.05, 0.1) is 0 Å². The van der Waals surface area contributed by atoms with Crippen LogP contribution < -0.4 is 0 Å². The largest absolute Gasteiger partial charge is 0.0622 e. The fraction of sp³-hybridized carbons (Fsp3) is 0. The first-order valence-electron chi connectivity index (χ1n) is 23.7. The summed E-state index contributed by atoms with van der Waals surface area (Å²) in [7, 11) is 0. The van der Waals surface area contributed by atoms with Crippen molar-refractivity contribution in [3.05, 3.63) is 255 Å². The second kappa shape index (κ2) is 15.4. The second-order valence-electron chi connectivity index (χ2n) is 18.2. The summed E-state index contributed by atoms with van der Waals surface area (Å²) in [4.78, 5) is 0. The summed E-state index contributed by atoms with van der Waals surface area (Å²) in [5, 5.41) is 19.9. The van der Waals surface area contributed by atoms with E-state index in [1.54, 1.807) is 0 Å². The van der Waals surface area contributed by atoms with E-state index >= 15 is 0 Å². The molecule has 314 valence electrons. The van der Waals surface area contributed by atoms with Crippen LogP contribution in [0.3, 0.4) is 0 Å². The minimum absolute atomic E-state index is 1.21. The molecule has 14 aromatic carbocycles. The molecule has 0 atom stereocenters. The number of rotatable bonds is 5. The van der Waals surface area contributed by atoms with Crippen molar-refractivity contribution in [3.8, 4) is 55.6 Å². The van der Waals surface area contributed by atoms with Crippen LogP contribution in [0.1, 0.15) is 0 Å². The molecule has 0 bridgehead atoms. The summed E-state index contributed by atoms with van der Waals surface area (Å²) >= 11 is 0. The van der Waals surface area contributed by atoms with E-state index in [2.05, 4.69) is 255 Å². The molecule has 0 unspecified atom stereocenters. The van der Waals surface area contributed by atoms with Gasteiger partial charge in [0, 0.05) is 0 Å². The predicted octanol–water partition coefficient (Wildman–Crippen LogP) is 19.2. The Morgan fingerprint density at radius 2 is 0.412 bits per heavy atom. The molecule has 68 heavy (non-hydrogen) atoms. The van der Waals surface area contributed by atoms with Crippen LogP contribution in [0.25, 0.3) is 142 Å². The first kappa shape index (κ1) is 38.4. The maximum absolute atomic E-state index is 2.42.